The molecule has 94 valence electrons. The molecule has 2 rings (SSSR count). The molecule has 0 spiro atoms. The molecule has 1 aromatic heterocycles. The van der Waals surface area contributed by atoms with Crippen molar-refractivity contribution in [2.75, 3.05) is 24.6 Å². The van der Waals surface area contributed by atoms with Crippen LogP contribution in [0.3, 0.4) is 0 Å². The molecule has 5 nitrogen and oxygen atoms in total. The maximum atomic E-state index is 11.6. The fourth-order valence-electron chi connectivity index (χ4n) is 2.18. The molecule has 1 aliphatic heterocycles. The summed E-state index contributed by atoms with van der Waals surface area (Å²) < 4.78 is 6.85. The average molecular weight is 237 g/mol. The number of rotatable bonds is 3. The third-order valence-corrected chi connectivity index (χ3v) is 3.14. The van der Waals surface area contributed by atoms with E-state index in [0.29, 0.717) is 6.61 Å². The standard InChI is InChI=1S/C12H19N3O2/c1-3-17-12(16)10-4-8-15(9-5-10)11-6-7-14(2)13-11/h6-7,10H,3-5,8-9H2,1-2H3. The Morgan fingerprint density at radius 2 is 2.24 bits per heavy atom. The fourth-order valence-corrected chi connectivity index (χ4v) is 2.18. The van der Waals surface area contributed by atoms with Crippen molar-refractivity contribution in [2.45, 2.75) is 19.8 Å². The summed E-state index contributed by atoms with van der Waals surface area (Å²) in [6.45, 7) is 4.07. The number of esters is 1. The quantitative estimate of drug-likeness (QED) is 0.741. The van der Waals surface area contributed by atoms with Crippen molar-refractivity contribution in [1.29, 1.82) is 0 Å². The van der Waals surface area contributed by atoms with Gasteiger partial charge in [0.15, 0.2) is 5.82 Å². The van der Waals surface area contributed by atoms with Gasteiger partial charge in [0.05, 0.1) is 12.5 Å². The Morgan fingerprint density at radius 3 is 2.76 bits per heavy atom. The highest BCUT2D eigenvalue weighted by atomic mass is 16.5. The first-order valence-corrected chi connectivity index (χ1v) is 6.12. The molecule has 1 saturated heterocycles. The maximum absolute atomic E-state index is 11.6. The van der Waals surface area contributed by atoms with Crippen molar-refractivity contribution in [3.63, 3.8) is 0 Å². The summed E-state index contributed by atoms with van der Waals surface area (Å²) in [5, 5.41) is 4.37. The number of carbonyl (C=O) groups is 1. The van der Waals surface area contributed by atoms with Crippen molar-refractivity contribution in [2.24, 2.45) is 13.0 Å². The number of hydrogen-bond donors (Lipinski definition) is 0. The molecular weight excluding hydrogens is 218 g/mol. The largest absolute Gasteiger partial charge is 0.466 e. The summed E-state index contributed by atoms with van der Waals surface area (Å²) >= 11 is 0. The van der Waals surface area contributed by atoms with E-state index < -0.39 is 0 Å². The van der Waals surface area contributed by atoms with Crippen LogP contribution in [0.25, 0.3) is 0 Å². The lowest BCUT2D eigenvalue weighted by atomic mass is 9.97. The van der Waals surface area contributed by atoms with E-state index in [2.05, 4.69) is 10.00 Å². The third kappa shape index (κ3) is 2.78. The number of ether oxygens (including phenoxy) is 1. The van der Waals surface area contributed by atoms with Gasteiger partial charge in [0.1, 0.15) is 0 Å². The van der Waals surface area contributed by atoms with Crippen molar-refractivity contribution in [3.8, 4) is 0 Å². The lowest BCUT2D eigenvalue weighted by Crippen LogP contribution is -2.37. The Hall–Kier alpha value is -1.52. The van der Waals surface area contributed by atoms with E-state index in [1.165, 1.54) is 0 Å². The van der Waals surface area contributed by atoms with E-state index >= 15 is 0 Å². The molecule has 5 heteroatoms. The molecule has 0 saturated carbocycles. The monoisotopic (exact) mass is 237 g/mol. The van der Waals surface area contributed by atoms with Gasteiger partial charge in [-0.25, -0.2) is 0 Å². The summed E-state index contributed by atoms with van der Waals surface area (Å²) in [6.07, 6.45) is 3.65. The van der Waals surface area contributed by atoms with Crippen LogP contribution in [0.2, 0.25) is 0 Å². The lowest BCUT2D eigenvalue weighted by Gasteiger charge is -2.30. The van der Waals surface area contributed by atoms with Crippen LogP contribution in [0.4, 0.5) is 5.82 Å². The Bertz CT molecular complexity index is 381. The molecule has 0 aliphatic carbocycles. The number of aryl methyl sites for hydroxylation is 1. The first-order chi connectivity index (χ1) is 8.20. The SMILES string of the molecule is CCOC(=O)C1CCN(c2ccn(C)n2)CC1. The van der Waals surface area contributed by atoms with E-state index in [0.717, 1.165) is 31.7 Å². The molecule has 1 fully saturated rings. The number of piperidine rings is 1. The summed E-state index contributed by atoms with van der Waals surface area (Å²) in [5.41, 5.74) is 0. The molecule has 1 aliphatic rings. The molecule has 0 aromatic carbocycles. The van der Waals surface area contributed by atoms with Crippen LogP contribution in [0, 0.1) is 5.92 Å². The van der Waals surface area contributed by atoms with Crippen molar-refractivity contribution in [1.82, 2.24) is 9.78 Å². The van der Waals surface area contributed by atoms with Crippen LogP contribution in [-0.2, 0) is 16.6 Å². The van der Waals surface area contributed by atoms with Gasteiger partial charge in [-0.1, -0.05) is 0 Å². The van der Waals surface area contributed by atoms with Gasteiger partial charge in [-0.2, -0.15) is 5.10 Å². The zero-order chi connectivity index (χ0) is 12.3. The van der Waals surface area contributed by atoms with Crippen LogP contribution in [0.5, 0.6) is 0 Å². The maximum Gasteiger partial charge on any atom is 0.309 e. The van der Waals surface area contributed by atoms with E-state index in [-0.39, 0.29) is 11.9 Å². The first kappa shape index (κ1) is 12.0. The second-order valence-corrected chi connectivity index (χ2v) is 4.36. The molecular formula is C12H19N3O2. The van der Waals surface area contributed by atoms with Crippen molar-refractivity contribution >= 4 is 11.8 Å². The second kappa shape index (κ2) is 5.21. The van der Waals surface area contributed by atoms with Gasteiger partial charge in [-0.05, 0) is 19.8 Å². The Morgan fingerprint density at radius 1 is 1.53 bits per heavy atom. The predicted octanol–water partition coefficient (Wildman–Crippen LogP) is 1.20. The molecule has 0 amide bonds. The Balaban J connectivity index is 1.88. The zero-order valence-corrected chi connectivity index (χ0v) is 10.4. The number of nitrogens with zero attached hydrogens (tertiary/aromatic N) is 3. The van der Waals surface area contributed by atoms with Gasteiger partial charge < -0.3 is 9.64 Å². The predicted molar refractivity (Wildman–Crippen MR) is 64.8 cm³/mol. The van der Waals surface area contributed by atoms with Crippen LogP contribution in [-0.4, -0.2) is 35.4 Å². The molecule has 0 radical (unpaired) electrons. The molecule has 2 heterocycles. The molecule has 0 unspecified atom stereocenters. The van der Waals surface area contributed by atoms with Crippen LogP contribution in [0.15, 0.2) is 12.3 Å². The normalized spacial score (nSPS) is 17.2. The number of anilines is 1. The van der Waals surface area contributed by atoms with Gasteiger partial charge in [0.2, 0.25) is 0 Å². The minimum absolute atomic E-state index is 0.0480. The van der Waals surface area contributed by atoms with Crippen molar-refractivity contribution in [3.05, 3.63) is 12.3 Å². The van der Waals surface area contributed by atoms with Crippen molar-refractivity contribution < 1.29 is 9.53 Å². The molecule has 0 N–H and O–H groups in total. The Kier molecular flexibility index (Phi) is 3.66. The van der Waals surface area contributed by atoms with Gasteiger partial charge in [-0.15, -0.1) is 0 Å². The molecule has 1 aromatic rings. The van der Waals surface area contributed by atoms with Gasteiger partial charge >= 0.3 is 5.97 Å². The molecule has 0 atom stereocenters. The second-order valence-electron chi connectivity index (χ2n) is 4.36. The number of hydrogen-bond acceptors (Lipinski definition) is 4. The zero-order valence-electron chi connectivity index (χ0n) is 10.4. The van der Waals surface area contributed by atoms with Crippen LogP contribution in [0.1, 0.15) is 19.8 Å². The van der Waals surface area contributed by atoms with E-state index in [1.807, 2.05) is 26.2 Å². The van der Waals surface area contributed by atoms with Gasteiger partial charge in [-0.3, -0.25) is 9.48 Å². The van der Waals surface area contributed by atoms with Gasteiger partial charge in [0, 0.05) is 32.4 Å². The highest BCUT2D eigenvalue weighted by molar-refractivity contribution is 5.72. The summed E-state index contributed by atoms with van der Waals surface area (Å²) in [7, 11) is 1.91. The summed E-state index contributed by atoms with van der Waals surface area (Å²) in [4.78, 5) is 13.8. The molecule has 17 heavy (non-hydrogen) atoms. The minimum atomic E-state index is -0.0480. The molecule has 0 bridgehead atoms. The van der Waals surface area contributed by atoms with Crippen LogP contribution >= 0.6 is 0 Å². The highest BCUT2D eigenvalue weighted by Crippen LogP contribution is 2.22. The number of carbonyl (C=O) groups excluding carboxylic acids is 1. The third-order valence-electron chi connectivity index (χ3n) is 3.14. The van der Waals surface area contributed by atoms with E-state index in [1.54, 1.807) is 4.68 Å². The lowest BCUT2D eigenvalue weighted by molar-refractivity contribution is -0.148. The number of aromatic nitrogens is 2. The van der Waals surface area contributed by atoms with E-state index in [4.69, 9.17) is 4.74 Å². The van der Waals surface area contributed by atoms with Crippen LogP contribution < -0.4 is 4.90 Å². The van der Waals surface area contributed by atoms with E-state index in [9.17, 15) is 4.79 Å². The first-order valence-electron chi connectivity index (χ1n) is 6.12. The van der Waals surface area contributed by atoms with Gasteiger partial charge in [0.25, 0.3) is 0 Å². The minimum Gasteiger partial charge on any atom is -0.466 e. The fraction of sp³-hybridized carbons (Fsp3) is 0.667. The smallest absolute Gasteiger partial charge is 0.309 e. The highest BCUT2D eigenvalue weighted by Gasteiger charge is 2.26. The Labute approximate surface area is 101 Å². The average Bonchev–Trinajstić information content (AvgIpc) is 2.76. The summed E-state index contributed by atoms with van der Waals surface area (Å²) in [5.74, 6) is 1.01. The summed E-state index contributed by atoms with van der Waals surface area (Å²) in [6, 6.07) is 2.00. The topological polar surface area (TPSA) is 47.4 Å².